The molecule has 1 saturated heterocycles. The van der Waals surface area contributed by atoms with E-state index < -0.39 is 0 Å². The van der Waals surface area contributed by atoms with Crippen molar-refractivity contribution in [1.29, 1.82) is 0 Å². The van der Waals surface area contributed by atoms with Gasteiger partial charge in [-0.2, -0.15) is 0 Å². The Bertz CT molecular complexity index is 478. The van der Waals surface area contributed by atoms with Crippen LogP contribution in [0, 0.1) is 29.6 Å². The van der Waals surface area contributed by atoms with Crippen molar-refractivity contribution in [3.63, 3.8) is 0 Å². The molecule has 0 spiro atoms. The van der Waals surface area contributed by atoms with Gasteiger partial charge in [-0.3, -0.25) is 4.79 Å². The largest absolute Gasteiger partial charge is 0.382 e. The standard InChI is InChI=1S/C20H32N2O/c1-13(2)17-7-5-16(6-8-17)10-22-11-18-19(12-22)20(18)15(4)21-9-14(3)23/h16-21H,1,4-12H2,2-3H3. The molecule has 1 heterocycles. The average Bonchev–Trinajstić information content (AvgIpc) is 3.01. The van der Waals surface area contributed by atoms with Crippen LogP contribution in [0.25, 0.3) is 0 Å². The molecule has 3 fully saturated rings. The van der Waals surface area contributed by atoms with E-state index in [9.17, 15) is 4.79 Å². The fourth-order valence-corrected chi connectivity index (χ4v) is 4.84. The molecule has 0 aromatic rings. The average molecular weight is 316 g/mol. The minimum absolute atomic E-state index is 0.184. The lowest BCUT2D eigenvalue weighted by molar-refractivity contribution is -0.116. The number of hydrogen-bond acceptors (Lipinski definition) is 3. The molecule has 128 valence electrons. The molecule has 2 aliphatic carbocycles. The zero-order valence-corrected chi connectivity index (χ0v) is 14.8. The highest BCUT2D eigenvalue weighted by atomic mass is 16.1. The molecule has 3 nitrogen and oxygen atoms in total. The van der Waals surface area contributed by atoms with Crippen LogP contribution in [0.1, 0.15) is 39.5 Å². The SMILES string of the molecule is C=C(C)C1CCC(CN2CC3C(C2)C3C(=C)NCC(C)=O)CC1. The van der Waals surface area contributed by atoms with Gasteiger partial charge in [0, 0.05) is 31.2 Å². The number of piperidine rings is 1. The summed E-state index contributed by atoms with van der Waals surface area (Å²) in [5.41, 5.74) is 2.47. The number of hydrogen-bond donors (Lipinski definition) is 1. The van der Waals surface area contributed by atoms with E-state index >= 15 is 0 Å². The van der Waals surface area contributed by atoms with Gasteiger partial charge >= 0.3 is 0 Å². The Hall–Kier alpha value is -1.09. The van der Waals surface area contributed by atoms with Gasteiger partial charge in [-0.1, -0.05) is 18.7 Å². The Morgan fingerprint density at radius 3 is 2.22 bits per heavy atom. The van der Waals surface area contributed by atoms with Crippen LogP contribution in [0.5, 0.6) is 0 Å². The van der Waals surface area contributed by atoms with Crippen LogP contribution in [0.2, 0.25) is 0 Å². The van der Waals surface area contributed by atoms with Crippen molar-refractivity contribution in [2.45, 2.75) is 39.5 Å². The van der Waals surface area contributed by atoms with E-state index in [1.54, 1.807) is 6.92 Å². The van der Waals surface area contributed by atoms with Gasteiger partial charge in [0.05, 0.1) is 6.54 Å². The number of carbonyl (C=O) groups excluding carboxylic acids is 1. The second-order valence-corrected chi connectivity index (χ2v) is 8.22. The predicted octanol–water partition coefficient (Wildman–Crippen LogP) is 3.24. The molecule has 2 saturated carbocycles. The van der Waals surface area contributed by atoms with Gasteiger partial charge in [-0.05, 0) is 63.2 Å². The van der Waals surface area contributed by atoms with Crippen LogP contribution >= 0.6 is 0 Å². The van der Waals surface area contributed by atoms with E-state index in [0.29, 0.717) is 12.5 Å². The topological polar surface area (TPSA) is 32.3 Å². The molecule has 0 bridgehead atoms. The molecule has 3 heteroatoms. The van der Waals surface area contributed by atoms with Gasteiger partial charge in [0.15, 0.2) is 0 Å². The van der Waals surface area contributed by atoms with Gasteiger partial charge < -0.3 is 10.2 Å². The number of carbonyl (C=O) groups is 1. The number of nitrogens with one attached hydrogen (secondary N) is 1. The molecule has 3 rings (SSSR count). The van der Waals surface area contributed by atoms with Crippen molar-refractivity contribution in [2.75, 3.05) is 26.2 Å². The monoisotopic (exact) mass is 316 g/mol. The zero-order valence-electron chi connectivity index (χ0n) is 14.8. The summed E-state index contributed by atoms with van der Waals surface area (Å²) in [4.78, 5) is 13.7. The van der Waals surface area contributed by atoms with Crippen molar-refractivity contribution < 1.29 is 4.79 Å². The fraction of sp³-hybridized carbons (Fsp3) is 0.750. The molecule has 2 atom stereocenters. The van der Waals surface area contributed by atoms with Crippen LogP contribution < -0.4 is 5.32 Å². The van der Waals surface area contributed by atoms with E-state index in [-0.39, 0.29) is 5.78 Å². The van der Waals surface area contributed by atoms with Crippen LogP contribution in [-0.2, 0) is 4.79 Å². The van der Waals surface area contributed by atoms with Gasteiger partial charge in [0.25, 0.3) is 0 Å². The Balaban J connectivity index is 1.37. The summed E-state index contributed by atoms with van der Waals surface area (Å²) in [6.07, 6.45) is 5.43. The predicted molar refractivity (Wildman–Crippen MR) is 95.0 cm³/mol. The normalized spacial score (nSPS) is 36.3. The Morgan fingerprint density at radius 1 is 1.09 bits per heavy atom. The number of ketones is 1. The second-order valence-electron chi connectivity index (χ2n) is 8.22. The van der Waals surface area contributed by atoms with E-state index in [0.717, 1.165) is 29.4 Å². The Labute approximate surface area is 141 Å². The van der Waals surface area contributed by atoms with Crippen molar-refractivity contribution in [1.82, 2.24) is 10.2 Å². The van der Waals surface area contributed by atoms with Gasteiger partial charge in [-0.15, -0.1) is 0 Å². The smallest absolute Gasteiger partial charge is 0.148 e. The first-order chi connectivity index (χ1) is 11.0. The van der Waals surface area contributed by atoms with E-state index in [1.165, 1.54) is 50.9 Å². The molecule has 1 aliphatic heterocycles. The lowest BCUT2D eigenvalue weighted by atomic mass is 9.79. The van der Waals surface area contributed by atoms with Gasteiger partial charge in [0.2, 0.25) is 0 Å². The number of rotatable bonds is 7. The summed E-state index contributed by atoms with van der Waals surface area (Å²) in [5, 5.41) is 3.21. The van der Waals surface area contributed by atoms with Crippen molar-refractivity contribution >= 4 is 5.78 Å². The van der Waals surface area contributed by atoms with Crippen molar-refractivity contribution in [3.8, 4) is 0 Å². The first-order valence-corrected chi connectivity index (χ1v) is 9.25. The maximum absolute atomic E-state index is 11.1. The molecule has 0 aromatic carbocycles. The maximum atomic E-state index is 11.1. The molecule has 0 aromatic heterocycles. The number of nitrogens with zero attached hydrogens (tertiary/aromatic N) is 1. The number of allylic oxidation sites excluding steroid dienone is 2. The second kappa shape index (κ2) is 6.80. The first-order valence-electron chi connectivity index (χ1n) is 9.25. The van der Waals surface area contributed by atoms with Crippen molar-refractivity contribution in [2.24, 2.45) is 29.6 Å². The highest BCUT2D eigenvalue weighted by molar-refractivity contribution is 5.77. The van der Waals surface area contributed by atoms with Crippen LogP contribution in [0.4, 0.5) is 0 Å². The Morgan fingerprint density at radius 2 is 1.70 bits per heavy atom. The van der Waals surface area contributed by atoms with Gasteiger partial charge in [-0.25, -0.2) is 0 Å². The van der Waals surface area contributed by atoms with Crippen LogP contribution in [0.15, 0.2) is 24.4 Å². The summed E-state index contributed by atoms with van der Waals surface area (Å²) in [6, 6.07) is 0. The third-order valence-corrected chi connectivity index (χ3v) is 6.30. The highest BCUT2D eigenvalue weighted by Gasteiger charge is 2.56. The maximum Gasteiger partial charge on any atom is 0.148 e. The van der Waals surface area contributed by atoms with Crippen LogP contribution in [-0.4, -0.2) is 36.9 Å². The molecule has 1 N–H and O–H groups in total. The zero-order chi connectivity index (χ0) is 16.6. The van der Waals surface area contributed by atoms with Crippen molar-refractivity contribution in [3.05, 3.63) is 24.4 Å². The molecular weight excluding hydrogens is 284 g/mol. The molecule has 0 radical (unpaired) electrons. The van der Waals surface area contributed by atoms with E-state index in [2.05, 4.69) is 30.3 Å². The Kier molecular flexibility index (Phi) is 4.96. The van der Waals surface area contributed by atoms with E-state index in [1.807, 2.05) is 0 Å². The summed E-state index contributed by atoms with van der Waals surface area (Å²) < 4.78 is 0. The molecular formula is C20H32N2O. The summed E-state index contributed by atoms with van der Waals surface area (Å²) in [6.45, 7) is 16.3. The number of Topliss-reactive ketones (excluding diaryl/α,β-unsaturated/α-hetero) is 1. The molecule has 2 unspecified atom stereocenters. The minimum Gasteiger partial charge on any atom is -0.382 e. The molecule has 3 aliphatic rings. The number of fused-ring (bicyclic) bond motifs is 1. The molecule has 23 heavy (non-hydrogen) atoms. The first kappa shape index (κ1) is 16.8. The third kappa shape index (κ3) is 3.88. The fourth-order valence-electron chi connectivity index (χ4n) is 4.84. The lowest BCUT2D eigenvalue weighted by Gasteiger charge is -2.32. The summed E-state index contributed by atoms with van der Waals surface area (Å²) in [7, 11) is 0. The summed E-state index contributed by atoms with van der Waals surface area (Å²) >= 11 is 0. The highest BCUT2D eigenvalue weighted by Crippen LogP contribution is 2.54. The summed E-state index contributed by atoms with van der Waals surface area (Å²) in [5.74, 6) is 4.04. The van der Waals surface area contributed by atoms with E-state index in [4.69, 9.17) is 0 Å². The third-order valence-electron chi connectivity index (χ3n) is 6.30. The lowest BCUT2D eigenvalue weighted by Crippen LogP contribution is -2.33. The van der Waals surface area contributed by atoms with Gasteiger partial charge in [0.1, 0.15) is 5.78 Å². The quantitative estimate of drug-likeness (QED) is 0.732. The minimum atomic E-state index is 0.184. The van der Waals surface area contributed by atoms with Crippen LogP contribution in [0.3, 0.4) is 0 Å². The number of likely N-dealkylation sites (tertiary alicyclic amines) is 1. The molecule has 0 amide bonds.